The van der Waals surface area contributed by atoms with E-state index in [4.69, 9.17) is 29.0 Å². The number of hydrogen-bond acceptors (Lipinski definition) is 3. The molecule has 0 unspecified atom stereocenters. The summed E-state index contributed by atoms with van der Waals surface area (Å²) in [5.41, 5.74) is 6.07. The second-order valence-electron chi connectivity index (χ2n) is 2.68. The molecule has 0 radical (unpaired) electrons. The van der Waals surface area contributed by atoms with Crippen molar-refractivity contribution in [2.75, 3.05) is 0 Å². The number of halogens is 2. The summed E-state index contributed by atoms with van der Waals surface area (Å²) in [6, 6.07) is 3.60. The fourth-order valence-electron chi connectivity index (χ4n) is 0.891. The summed E-state index contributed by atoms with van der Waals surface area (Å²) in [6.07, 6.45) is 0. The molecule has 0 atom stereocenters. The molecule has 0 heterocycles. The molecule has 0 bridgehead atoms. The first kappa shape index (κ1) is 12.6. The van der Waals surface area contributed by atoms with Gasteiger partial charge in [-0.1, -0.05) is 23.2 Å². The third-order valence-corrected chi connectivity index (χ3v) is 2.14. The van der Waals surface area contributed by atoms with Crippen LogP contribution in [0.15, 0.2) is 18.2 Å². The number of hydrogen-bond donors (Lipinski definition) is 4. The molecule has 86 valence electrons. The summed E-state index contributed by atoms with van der Waals surface area (Å²) in [6.45, 7) is 0. The number of nitrogens with two attached hydrogens (primary N) is 1. The third-order valence-electron chi connectivity index (χ3n) is 1.60. The summed E-state index contributed by atoms with van der Waals surface area (Å²) in [4.78, 5) is 22.1. The zero-order valence-corrected chi connectivity index (χ0v) is 9.39. The van der Waals surface area contributed by atoms with Gasteiger partial charge in [-0.15, -0.1) is 0 Å². The van der Waals surface area contributed by atoms with Crippen LogP contribution in [0.25, 0.3) is 0 Å². The Morgan fingerprint density at radius 1 is 1.19 bits per heavy atom. The predicted molar refractivity (Wildman–Crippen MR) is 59.8 cm³/mol. The lowest BCUT2D eigenvalue weighted by atomic mass is 10.2. The average molecular weight is 263 g/mol. The molecule has 5 N–H and O–H groups in total. The molecule has 8 heteroatoms. The number of urea groups is 1. The van der Waals surface area contributed by atoms with Gasteiger partial charge in [-0.2, -0.15) is 0 Å². The van der Waals surface area contributed by atoms with Gasteiger partial charge in [-0.25, -0.2) is 16.1 Å². The maximum Gasteiger partial charge on any atom is 0.347 e. The van der Waals surface area contributed by atoms with Gasteiger partial charge in [-0.3, -0.25) is 15.6 Å². The third kappa shape index (κ3) is 3.27. The van der Waals surface area contributed by atoms with E-state index < -0.39 is 11.9 Å². The number of rotatable bonds is 1. The monoisotopic (exact) mass is 262 g/mol. The van der Waals surface area contributed by atoms with Crippen molar-refractivity contribution in [3.05, 3.63) is 33.8 Å². The Hall–Kier alpha value is -1.50. The molecule has 3 amide bonds. The van der Waals surface area contributed by atoms with Gasteiger partial charge in [0.05, 0.1) is 10.6 Å². The van der Waals surface area contributed by atoms with Crippen LogP contribution in [0.5, 0.6) is 0 Å². The van der Waals surface area contributed by atoms with Gasteiger partial charge in [0, 0.05) is 5.02 Å². The molecule has 1 aromatic carbocycles. The molecule has 1 rings (SSSR count). The summed E-state index contributed by atoms with van der Waals surface area (Å²) >= 11 is 11.4. The minimum Gasteiger partial charge on any atom is -0.275 e. The van der Waals surface area contributed by atoms with Crippen molar-refractivity contribution in [1.29, 1.82) is 0 Å². The van der Waals surface area contributed by atoms with Crippen LogP contribution < -0.4 is 22.1 Å². The van der Waals surface area contributed by atoms with Gasteiger partial charge >= 0.3 is 6.03 Å². The van der Waals surface area contributed by atoms with Gasteiger partial charge in [0.1, 0.15) is 0 Å². The quantitative estimate of drug-likeness (QED) is 0.343. The van der Waals surface area contributed by atoms with E-state index in [1.54, 1.807) is 5.43 Å². The Kier molecular flexibility index (Phi) is 4.36. The highest BCUT2D eigenvalue weighted by Gasteiger charge is 2.10. The average Bonchev–Trinajstić information content (AvgIpc) is 2.25. The molecule has 0 saturated carbocycles. The summed E-state index contributed by atoms with van der Waals surface area (Å²) in [5.74, 6) is 4.21. The van der Waals surface area contributed by atoms with Crippen molar-refractivity contribution < 1.29 is 9.59 Å². The second kappa shape index (κ2) is 5.55. The first-order chi connectivity index (χ1) is 7.54. The highest BCUT2D eigenvalue weighted by Crippen LogP contribution is 2.20. The second-order valence-corrected chi connectivity index (χ2v) is 3.52. The molecule has 0 saturated heterocycles. The molecule has 0 aliphatic heterocycles. The number of benzene rings is 1. The van der Waals surface area contributed by atoms with Crippen molar-refractivity contribution in [2.24, 2.45) is 5.84 Å². The summed E-state index contributed by atoms with van der Waals surface area (Å²) < 4.78 is 0. The zero-order chi connectivity index (χ0) is 12.1. The van der Waals surface area contributed by atoms with Crippen LogP contribution in [0.3, 0.4) is 0 Å². The Bertz CT molecular complexity index is 424. The molecular formula is C8H8Cl2N4O2. The zero-order valence-electron chi connectivity index (χ0n) is 7.88. The molecule has 1 aromatic rings. The highest BCUT2D eigenvalue weighted by molar-refractivity contribution is 6.36. The largest absolute Gasteiger partial charge is 0.347 e. The van der Waals surface area contributed by atoms with Crippen LogP contribution >= 0.6 is 23.2 Å². The summed E-state index contributed by atoms with van der Waals surface area (Å²) in [7, 11) is 0. The Balaban J connectivity index is 2.70. The number of nitrogens with one attached hydrogen (secondary N) is 3. The first-order valence-electron chi connectivity index (χ1n) is 4.06. The van der Waals surface area contributed by atoms with E-state index in [9.17, 15) is 9.59 Å². The lowest BCUT2D eigenvalue weighted by Crippen LogP contribution is -2.49. The van der Waals surface area contributed by atoms with Gasteiger partial charge in [0.25, 0.3) is 5.91 Å². The lowest BCUT2D eigenvalue weighted by Gasteiger charge is -2.07. The van der Waals surface area contributed by atoms with Crippen LogP contribution in [-0.2, 0) is 0 Å². The minimum atomic E-state index is -0.751. The van der Waals surface area contributed by atoms with Crippen LogP contribution in [0, 0.1) is 0 Å². The van der Waals surface area contributed by atoms with Crippen molar-refractivity contribution in [1.82, 2.24) is 16.3 Å². The van der Waals surface area contributed by atoms with Gasteiger partial charge < -0.3 is 0 Å². The maximum atomic E-state index is 11.5. The Morgan fingerprint density at radius 2 is 1.88 bits per heavy atom. The standard InChI is InChI=1S/C8H8Cl2N4O2/c9-4-1-2-5(6(10)3-4)7(15)13-14-8(16)12-11/h1-3H,11H2,(H,13,15)(H2,12,14,16). The normalized spacial score (nSPS) is 9.44. The molecule has 0 aliphatic rings. The van der Waals surface area contributed by atoms with Crippen molar-refractivity contribution in [3.8, 4) is 0 Å². The van der Waals surface area contributed by atoms with Gasteiger partial charge in [-0.05, 0) is 18.2 Å². The molecule has 0 fully saturated rings. The van der Waals surface area contributed by atoms with E-state index in [2.05, 4.69) is 5.43 Å². The minimum absolute atomic E-state index is 0.181. The molecule has 0 spiro atoms. The van der Waals surface area contributed by atoms with E-state index in [-0.39, 0.29) is 10.6 Å². The number of carbonyl (C=O) groups is 2. The maximum absolute atomic E-state index is 11.5. The number of hydrazine groups is 2. The number of carbonyl (C=O) groups excluding carboxylic acids is 2. The van der Waals surface area contributed by atoms with E-state index >= 15 is 0 Å². The fourth-order valence-corrected chi connectivity index (χ4v) is 1.38. The highest BCUT2D eigenvalue weighted by atomic mass is 35.5. The van der Waals surface area contributed by atoms with E-state index in [0.29, 0.717) is 5.02 Å². The van der Waals surface area contributed by atoms with Crippen LogP contribution in [0.1, 0.15) is 10.4 Å². The van der Waals surface area contributed by atoms with Crippen molar-refractivity contribution in [3.63, 3.8) is 0 Å². The first-order valence-corrected chi connectivity index (χ1v) is 4.82. The predicted octanol–water partition coefficient (Wildman–Crippen LogP) is 0.811. The van der Waals surface area contributed by atoms with Crippen LogP contribution in [0.2, 0.25) is 10.0 Å². The van der Waals surface area contributed by atoms with Crippen LogP contribution in [0.4, 0.5) is 4.79 Å². The van der Waals surface area contributed by atoms with E-state index in [0.717, 1.165) is 0 Å². The van der Waals surface area contributed by atoms with E-state index in [1.807, 2.05) is 5.43 Å². The smallest absolute Gasteiger partial charge is 0.275 e. The van der Waals surface area contributed by atoms with Crippen molar-refractivity contribution >= 4 is 35.1 Å². The fraction of sp³-hybridized carbons (Fsp3) is 0. The Morgan fingerprint density at radius 3 is 2.44 bits per heavy atom. The topological polar surface area (TPSA) is 96.2 Å². The summed E-state index contributed by atoms with van der Waals surface area (Å²) in [5, 5.41) is 0.592. The van der Waals surface area contributed by atoms with E-state index in [1.165, 1.54) is 18.2 Å². The van der Waals surface area contributed by atoms with Gasteiger partial charge in [0.15, 0.2) is 0 Å². The molecule has 16 heavy (non-hydrogen) atoms. The molecule has 6 nitrogen and oxygen atoms in total. The number of amides is 3. The molecular weight excluding hydrogens is 255 g/mol. The SMILES string of the molecule is NNC(=O)NNC(=O)c1ccc(Cl)cc1Cl. The van der Waals surface area contributed by atoms with Crippen molar-refractivity contribution in [2.45, 2.75) is 0 Å². The Labute approximate surface area is 101 Å². The molecule has 0 aliphatic carbocycles. The van der Waals surface area contributed by atoms with Gasteiger partial charge in [0.2, 0.25) is 0 Å². The lowest BCUT2D eigenvalue weighted by molar-refractivity contribution is 0.0936. The van der Waals surface area contributed by atoms with Crippen LogP contribution in [-0.4, -0.2) is 11.9 Å². The molecule has 0 aromatic heterocycles.